The molecule has 4 aromatic rings. The molecule has 0 fully saturated rings. The lowest BCUT2D eigenvalue weighted by molar-refractivity contribution is -0.137. The van der Waals surface area contributed by atoms with Crippen LogP contribution in [0.5, 0.6) is 0 Å². The maximum atomic E-state index is 13.1. The second-order valence-electron chi connectivity index (χ2n) is 6.70. The molecule has 3 aromatic heterocycles. The van der Waals surface area contributed by atoms with Crippen LogP contribution in [-0.2, 0) is 6.18 Å². The standard InChI is InChI=1S/C21H16F3N3OS2/c1-12-8-17(13(2)27(12)15-5-3-4-14(9-15)21(22,23)24)18(28)10-30-20-16-6-7-29-19(16)25-11-26-20/h3-9,11H,10H2,1-2H3. The van der Waals surface area contributed by atoms with E-state index in [2.05, 4.69) is 9.97 Å². The number of benzene rings is 1. The zero-order valence-electron chi connectivity index (χ0n) is 16.0. The lowest BCUT2D eigenvalue weighted by atomic mass is 10.1. The Kier molecular flexibility index (Phi) is 5.42. The second-order valence-corrected chi connectivity index (χ2v) is 8.56. The predicted molar refractivity (Wildman–Crippen MR) is 113 cm³/mol. The van der Waals surface area contributed by atoms with Crippen molar-refractivity contribution in [3.8, 4) is 5.69 Å². The number of nitrogens with zero attached hydrogens (tertiary/aromatic N) is 3. The van der Waals surface area contributed by atoms with E-state index in [4.69, 9.17) is 0 Å². The number of hydrogen-bond acceptors (Lipinski definition) is 5. The Morgan fingerprint density at radius 3 is 2.73 bits per heavy atom. The maximum absolute atomic E-state index is 13.1. The number of thiophene rings is 1. The number of fused-ring (bicyclic) bond motifs is 1. The minimum atomic E-state index is -4.43. The molecule has 0 amide bonds. The highest BCUT2D eigenvalue weighted by Crippen LogP contribution is 2.32. The van der Waals surface area contributed by atoms with Crippen molar-refractivity contribution in [3.63, 3.8) is 0 Å². The first kappa shape index (κ1) is 20.6. The van der Waals surface area contributed by atoms with Crippen molar-refractivity contribution in [2.75, 3.05) is 5.75 Å². The third kappa shape index (κ3) is 3.87. The minimum Gasteiger partial charge on any atom is -0.318 e. The average Bonchev–Trinajstić information content (AvgIpc) is 3.30. The molecule has 0 atom stereocenters. The van der Waals surface area contributed by atoms with Crippen LogP contribution in [0.15, 0.2) is 53.1 Å². The van der Waals surface area contributed by atoms with Crippen molar-refractivity contribution in [1.29, 1.82) is 0 Å². The quantitative estimate of drug-likeness (QED) is 0.211. The van der Waals surface area contributed by atoms with E-state index in [0.29, 0.717) is 22.6 Å². The van der Waals surface area contributed by atoms with E-state index >= 15 is 0 Å². The predicted octanol–water partition coefficient (Wildman–Crippen LogP) is 6.09. The summed E-state index contributed by atoms with van der Waals surface area (Å²) in [4.78, 5) is 22.2. The maximum Gasteiger partial charge on any atom is 0.416 e. The smallest absolute Gasteiger partial charge is 0.318 e. The Morgan fingerprint density at radius 2 is 1.97 bits per heavy atom. The van der Waals surface area contributed by atoms with E-state index in [1.54, 1.807) is 30.5 Å². The van der Waals surface area contributed by atoms with Crippen molar-refractivity contribution < 1.29 is 18.0 Å². The van der Waals surface area contributed by atoms with Gasteiger partial charge in [0.05, 0.1) is 11.3 Å². The molecule has 0 spiro atoms. The van der Waals surface area contributed by atoms with Gasteiger partial charge in [-0.1, -0.05) is 17.8 Å². The van der Waals surface area contributed by atoms with Gasteiger partial charge in [0, 0.05) is 28.0 Å². The fraction of sp³-hybridized carbons (Fsp3) is 0.190. The Balaban J connectivity index is 1.60. The third-order valence-electron chi connectivity index (χ3n) is 4.73. The molecule has 9 heteroatoms. The molecule has 0 N–H and O–H groups in total. The molecule has 4 rings (SSSR count). The highest BCUT2D eigenvalue weighted by Gasteiger charge is 2.30. The van der Waals surface area contributed by atoms with Crippen LogP contribution >= 0.6 is 23.1 Å². The van der Waals surface area contributed by atoms with Crippen LogP contribution in [-0.4, -0.2) is 26.1 Å². The molecular weight excluding hydrogens is 431 g/mol. The molecule has 0 saturated carbocycles. The monoisotopic (exact) mass is 447 g/mol. The lowest BCUT2D eigenvalue weighted by Crippen LogP contribution is -2.08. The summed E-state index contributed by atoms with van der Waals surface area (Å²) >= 11 is 2.84. The fourth-order valence-corrected chi connectivity index (χ4v) is 5.02. The molecule has 0 radical (unpaired) electrons. The van der Waals surface area contributed by atoms with Crippen LogP contribution in [0.2, 0.25) is 0 Å². The van der Waals surface area contributed by atoms with Gasteiger partial charge in [0.25, 0.3) is 0 Å². The minimum absolute atomic E-state index is 0.103. The summed E-state index contributed by atoms with van der Waals surface area (Å²) in [6, 6.07) is 8.75. The van der Waals surface area contributed by atoms with Gasteiger partial charge in [0.15, 0.2) is 5.78 Å². The van der Waals surface area contributed by atoms with Gasteiger partial charge < -0.3 is 4.57 Å². The summed E-state index contributed by atoms with van der Waals surface area (Å²) in [6.07, 6.45) is -2.95. The Labute approximate surface area is 178 Å². The molecule has 0 aliphatic rings. The van der Waals surface area contributed by atoms with Crippen LogP contribution < -0.4 is 0 Å². The molecule has 154 valence electrons. The molecule has 30 heavy (non-hydrogen) atoms. The molecule has 0 bridgehead atoms. The molecule has 0 unspecified atom stereocenters. The number of aryl methyl sites for hydroxylation is 1. The van der Waals surface area contributed by atoms with Gasteiger partial charge in [0.2, 0.25) is 0 Å². The summed E-state index contributed by atoms with van der Waals surface area (Å²) in [5.74, 6) is 0.0720. The van der Waals surface area contributed by atoms with Gasteiger partial charge in [-0.15, -0.1) is 11.3 Å². The first-order chi connectivity index (χ1) is 14.3. The van der Waals surface area contributed by atoms with E-state index in [9.17, 15) is 18.0 Å². The molecule has 4 nitrogen and oxygen atoms in total. The van der Waals surface area contributed by atoms with E-state index in [-0.39, 0.29) is 11.5 Å². The lowest BCUT2D eigenvalue weighted by Gasteiger charge is -2.13. The summed E-state index contributed by atoms with van der Waals surface area (Å²) in [7, 11) is 0. The van der Waals surface area contributed by atoms with Crippen LogP contribution in [0.4, 0.5) is 13.2 Å². The number of aromatic nitrogens is 3. The Bertz CT molecular complexity index is 1240. The average molecular weight is 448 g/mol. The number of rotatable bonds is 5. The van der Waals surface area contributed by atoms with Gasteiger partial charge in [-0.2, -0.15) is 13.2 Å². The SMILES string of the molecule is Cc1cc(C(=O)CSc2ncnc3sccc23)c(C)n1-c1cccc(C(F)(F)F)c1. The van der Waals surface area contributed by atoms with Gasteiger partial charge in [0.1, 0.15) is 16.2 Å². The summed E-state index contributed by atoms with van der Waals surface area (Å²) in [5, 5.41) is 3.57. The first-order valence-electron chi connectivity index (χ1n) is 8.96. The molecule has 1 aromatic carbocycles. The van der Waals surface area contributed by atoms with E-state index in [1.807, 2.05) is 11.4 Å². The highest BCUT2D eigenvalue weighted by molar-refractivity contribution is 8.00. The highest BCUT2D eigenvalue weighted by atomic mass is 32.2. The van der Waals surface area contributed by atoms with Crippen molar-refractivity contribution in [1.82, 2.24) is 14.5 Å². The van der Waals surface area contributed by atoms with Gasteiger partial charge in [-0.05, 0) is 49.6 Å². The fourth-order valence-electron chi connectivity index (χ4n) is 3.36. The zero-order chi connectivity index (χ0) is 21.5. The number of ketones is 1. The van der Waals surface area contributed by atoms with Crippen molar-refractivity contribution in [2.45, 2.75) is 25.0 Å². The van der Waals surface area contributed by atoms with Crippen molar-refractivity contribution in [3.05, 3.63) is 70.6 Å². The Morgan fingerprint density at radius 1 is 1.17 bits per heavy atom. The molecule has 0 aliphatic heterocycles. The number of hydrogen-bond donors (Lipinski definition) is 0. The Hall–Kier alpha value is -2.65. The topological polar surface area (TPSA) is 47.8 Å². The summed E-state index contributed by atoms with van der Waals surface area (Å²) in [6.45, 7) is 3.52. The van der Waals surface area contributed by atoms with Gasteiger partial charge in [-0.3, -0.25) is 4.79 Å². The normalized spacial score (nSPS) is 11.9. The van der Waals surface area contributed by atoms with E-state index < -0.39 is 11.7 Å². The number of carbonyl (C=O) groups is 1. The number of Topliss-reactive ketones (excluding diaryl/α,β-unsaturated/α-hetero) is 1. The van der Waals surface area contributed by atoms with Crippen LogP contribution in [0.3, 0.4) is 0 Å². The number of carbonyl (C=O) groups excluding carboxylic acids is 1. The molecule has 3 heterocycles. The summed E-state index contributed by atoms with van der Waals surface area (Å²) < 4.78 is 41.0. The first-order valence-corrected chi connectivity index (χ1v) is 10.8. The zero-order valence-corrected chi connectivity index (χ0v) is 17.7. The van der Waals surface area contributed by atoms with Crippen molar-refractivity contribution in [2.24, 2.45) is 0 Å². The largest absolute Gasteiger partial charge is 0.416 e. The van der Waals surface area contributed by atoms with Gasteiger partial charge >= 0.3 is 6.18 Å². The van der Waals surface area contributed by atoms with Gasteiger partial charge in [-0.25, -0.2) is 9.97 Å². The number of alkyl halides is 3. The molecule has 0 aliphatic carbocycles. The second kappa shape index (κ2) is 7.88. The number of halogens is 3. The van der Waals surface area contributed by atoms with E-state index in [1.165, 1.54) is 35.5 Å². The van der Waals surface area contributed by atoms with E-state index in [0.717, 1.165) is 27.4 Å². The van der Waals surface area contributed by atoms with Crippen LogP contribution in [0.25, 0.3) is 15.9 Å². The van der Waals surface area contributed by atoms with Crippen LogP contribution in [0, 0.1) is 13.8 Å². The summed E-state index contributed by atoms with van der Waals surface area (Å²) in [5.41, 5.74) is 1.46. The number of thioether (sulfide) groups is 1. The van der Waals surface area contributed by atoms with Crippen LogP contribution in [0.1, 0.15) is 27.3 Å². The molecule has 0 saturated heterocycles. The third-order valence-corrected chi connectivity index (χ3v) is 6.55. The van der Waals surface area contributed by atoms with Crippen molar-refractivity contribution >= 4 is 39.1 Å². The molecular formula is C21H16F3N3OS2.